The van der Waals surface area contributed by atoms with E-state index in [1.807, 2.05) is 60.7 Å². The largest absolute Gasteiger partial charge is 0.340 e. The van der Waals surface area contributed by atoms with Crippen LogP contribution in [0.5, 0.6) is 0 Å². The third kappa shape index (κ3) is 3.79. The highest BCUT2D eigenvalue weighted by Crippen LogP contribution is 2.28. The number of anilines is 2. The lowest BCUT2D eigenvalue weighted by Crippen LogP contribution is -1.99. The average Bonchev–Trinajstić information content (AvgIpc) is 2.62. The highest BCUT2D eigenvalue weighted by molar-refractivity contribution is 6.30. The number of benzene rings is 3. The first-order chi connectivity index (χ1) is 12.2. The van der Waals surface area contributed by atoms with Gasteiger partial charge in [-0.05, 0) is 61.0 Å². The van der Waals surface area contributed by atoms with Crippen molar-refractivity contribution in [3.8, 4) is 11.4 Å². The van der Waals surface area contributed by atoms with Gasteiger partial charge in [0.25, 0.3) is 0 Å². The molecule has 0 aliphatic carbocycles. The van der Waals surface area contributed by atoms with Crippen molar-refractivity contribution in [2.75, 3.05) is 5.32 Å². The van der Waals surface area contributed by atoms with Crippen LogP contribution in [0.25, 0.3) is 22.3 Å². The van der Waals surface area contributed by atoms with E-state index >= 15 is 0 Å². The summed E-state index contributed by atoms with van der Waals surface area (Å²) in [4.78, 5) is 9.46. The molecule has 0 spiro atoms. The van der Waals surface area contributed by atoms with Crippen LogP contribution >= 0.6 is 24.0 Å². The number of nitrogens with one attached hydrogen (secondary N) is 1. The standard InChI is InChI=1S/C21H16ClN3.ClH/c1-14-5-4-6-17(13-14)23-21-18-7-2-3-8-19(18)24-20(25-21)15-9-11-16(22)12-10-15;/h2-13H,1H3,(H,23,24,25);1H. The molecule has 130 valence electrons. The Morgan fingerprint density at radius 3 is 2.38 bits per heavy atom. The molecule has 0 saturated heterocycles. The molecule has 26 heavy (non-hydrogen) atoms. The first kappa shape index (κ1) is 18.2. The molecule has 1 heterocycles. The Morgan fingerprint density at radius 1 is 0.846 bits per heavy atom. The first-order valence-corrected chi connectivity index (χ1v) is 8.43. The van der Waals surface area contributed by atoms with Crippen molar-refractivity contribution >= 4 is 46.4 Å². The molecular weight excluding hydrogens is 365 g/mol. The molecule has 4 rings (SSSR count). The lowest BCUT2D eigenvalue weighted by Gasteiger charge is -2.11. The van der Waals surface area contributed by atoms with E-state index in [-0.39, 0.29) is 12.4 Å². The smallest absolute Gasteiger partial charge is 0.162 e. The van der Waals surface area contributed by atoms with Crippen LogP contribution < -0.4 is 5.32 Å². The van der Waals surface area contributed by atoms with E-state index < -0.39 is 0 Å². The van der Waals surface area contributed by atoms with Crippen LogP contribution in [0.4, 0.5) is 11.5 Å². The van der Waals surface area contributed by atoms with E-state index in [1.165, 1.54) is 5.56 Å². The maximum atomic E-state index is 5.99. The maximum Gasteiger partial charge on any atom is 0.162 e. The second-order valence-electron chi connectivity index (χ2n) is 5.91. The van der Waals surface area contributed by atoms with Crippen molar-refractivity contribution in [1.82, 2.24) is 9.97 Å². The summed E-state index contributed by atoms with van der Waals surface area (Å²) in [7, 11) is 0. The van der Waals surface area contributed by atoms with Gasteiger partial charge in [0.1, 0.15) is 5.82 Å². The van der Waals surface area contributed by atoms with Gasteiger partial charge in [-0.3, -0.25) is 0 Å². The van der Waals surface area contributed by atoms with Gasteiger partial charge in [0, 0.05) is 21.7 Å². The monoisotopic (exact) mass is 381 g/mol. The molecule has 0 aliphatic rings. The van der Waals surface area contributed by atoms with Crippen LogP contribution in [0.3, 0.4) is 0 Å². The van der Waals surface area contributed by atoms with Crippen LogP contribution in [0.2, 0.25) is 5.02 Å². The van der Waals surface area contributed by atoms with Gasteiger partial charge in [-0.2, -0.15) is 0 Å². The van der Waals surface area contributed by atoms with Crippen molar-refractivity contribution in [2.45, 2.75) is 6.92 Å². The molecular formula is C21H17Cl2N3. The predicted molar refractivity (Wildman–Crippen MR) is 112 cm³/mol. The normalized spacial score (nSPS) is 10.4. The molecule has 0 amide bonds. The van der Waals surface area contributed by atoms with Gasteiger partial charge < -0.3 is 5.32 Å². The fourth-order valence-electron chi connectivity index (χ4n) is 2.76. The van der Waals surface area contributed by atoms with Crippen LogP contribution in [-0.2, 0) is 0 Å². The predicted octanol–water partition coefficient (Wildman–Crippen LogP) is 6.42. The molecule has 0 unspecified atom stereocenters. The minimum atomic E-state index is 0. The molecule has 0 bridgehead atoms. The molecule has 0 saturated carbocycles. The van der Waals surface area contributed by atoms with E-state index in [1.54, 1.807) is 0 Å². The third-order valence-corrected chi connectivity index (χ3v) is 4.24. The second-order valence-corrected chi connectivity index (χ2v) is 6.35. The van der Waals surface area contributed by atoms with Crippen molar-refractivity contribution in [3.05, 3.63) is 83.4 Å². The summed E-state index contributed by atoms with van der Waals surface area (Å²) < 4.78 is 0. The molecule has 1 N–H and O–H groups in total. The Morgan fingerprint density at radius 2 is 1.62 bits per heavy atom. The highest BCUT2D eigenvalue weighted by Gasteiger charge is 2.09. The number of rotatable bonds is 3. The number of hydrogen-bond donors (Lipinski definition) is 1. The fourth-order valence-corrected chi connectivity index (χ4v) is 2.89. The minimum absolute atomic E-state index is 0. The Hall–Kier alpha value is -2.62. The molecule has 5 heteroatoms. The average molecular weight is 382 g/mol. The van der Waals surface area contributed by atoms with Crippen molar-refractivity contribution < 1.29 is 0 Å². The van der Waals surface area contributed by atoms with Gasteiger partial charge in [-0.1, -0.05) is 35.9 Å². The van der Waals surface area contributed by atoms with Gasteiger partial charge >= 0.3 is 0 Å². The number of halogens is 2. The van der Waals surface area contributed by atoms with Gasteiger partial charge in [0.2, 0.25) is 0 Å². The Bertz CT molecular complexity index is 1050. The van der Waals surface area contributed by atoms with E-state index in [2.05, 4.69) is 24.4 Å². The minimum Gasteiger partial charge on any atom is -0.340 e. The van der Waals surface area contributed by atoms with Crippen molar-refractivity contribution in [1.29, 1.82) is 0 Å². The number of aromatic nitrogens is 2. The molecule has 0 atom stereocenters. The van der Waals surface area contributed by atoms with Gasteiger partial charge in [0.05, 0.1) is 5.52 Å². The lowest BCUT2D eigenvalue weighted by molar-refractivity contribution is 1.22. The summed E-state index contributed by atoms with van der Waals surface area (Å²) in [6.07, 6.45) is 0. The summed E-state index contributed by atoms with van der Waals surface area (Å²) in [6.45, 7) is 2.07. The summed E-state index contributed by atoms with van der Waals surface area (Å²) in [5.74, 6) is 1.46. The summed E-state index contributed by atoms with van der Waals surface area (Å²) in [6, 6.07) is 23.8. The number of fused-ring (bicyclic) bond motifs is 1. The van der Waals surface area contributed by atoms with E-state index in [4.69, 9.17) is 21.6 Å². The Labute approximate surface area is 163 Å². The van der Waals surface area contributed by atoms with Gasteiger partial charge in [0.15, 0.2) is 5.82 Å². The van der Waals surface area contributed by atoms with Gasteiger partial charge in [-0.25, -0.2) is 9.97 Å². The molecule has 1 aromatic heterocycles. The zero-order valence-corrected chi connectivity index (χ0v) is 15.7. The zero-order valence-electron chi connectivity index (χ0n) is 14.1. The summed E-state index contributed by atoms with van der Waals surface area (Å²) in [5.41, 5.74) is 4.03. The first-order valence-electron chi connectivity index (χ1n) is 8.05. The van der Waals surface area contributed by atoms with E-state index in [0.717, 1.165) is 28.0 Å². The fraction of sp³-hybridized carbons (Fsp3) is 0.0476. The lowest BCUT2D eigenvalue weighted by atomic mass is 10.1. The Balaban J connectivity index is 0.00000196. The second kappa shape index (κ2) is 7.73. The Kier molecular flexibility index (Phi) is 5.40. The molecule has 4 aromatic rings. The van der Waals surface area contributed by atoms with Crippen LogP contribution in [0.1, 0.15) is 5.56 Å². The SMILES string of the molecule is Cc1cccc(Nc2nc(-c3ccc(Cl)cc3)nc3ccccc23)c1.Cl. The van der Waals surface area contributed by atoms with Gasteiger partial charge in [-0.15, -0.1) is 12.4 Å². The van der Waals surface area contributed by atoms with Crippen LogP contribution in [-0.4, -0.2) is 9.97 Å². The number of hydrogen-bond acceptors (Lipinski definition) is 3. The quantitative estimate of drug-likeness (QED) is 0.444. The number of aryl methyl sites for hydroxylation is 1. The third-order valence-electron chi connectivity index (χ3n) is 3.99. The molecule has 0 fully saturated rings. The highest BCUT2D eigenvalue weighted by atomic mass is 35.5. The molecule has 3 aromatic carbocycles. The number of nitrogens with zero attached hydrogens (tertiary/aromatic N) is 2. The van der Waals surface area contributed by atoms with E-state index in [9.17, 15) is 0 Å². The molecule has 0 radical (unpaired) electrons. The summed E-state index contributed by atoms with van der Waals surface area (Å²) >= 11 is 5.99. The zero-order chi connectivity index (χ0) is 17.2. The maximum absolute atomic E-state index is 5.99. The van der Waals surface area contributed by atoms with Crippen molar-refractivity contribution in [3.63, 3.8) is 0 Å². The summed E-state index contributed by atoms with van der Waals surface area (Å²) in [5, 5.41) is 5.12. The topological polar surface area (TPSA) is 37.8 Å². The van der Waals surface area contributed by atoms with E-state index in [0.29, 0.717) is 10.8 Å². The molecule has 3 nitrogen and oxygen atoms in total. The van der Waals surface area contributed by atoms with Crippen LogP contribution in [0.15, 0.2) is 72.8 Å². The number of para-hydroxylation sites is 1. The molecule has 0 aliphatic heterocycles. The van der Waals surface area contributed by atoms with Crippen LogP contribution in [0, 0.1) is 6.92 Å². The van der Waals surface area contributed by atoms with Crippen molar-refractivity contribution in [2.24, 2.45) is 0 Å².